The molecule has 0 radical (unpaired) electrons. The molecule has 0 aromatic carbocycles. The third kappa shape index (κ3) is 4.41. The minimum atomic E-state index is -0.649. The molecular formula is C14H21N5O3S. The number of likely N-dealkylation sites (tertiary alicyclic amines) is 1. The summed E-state index contributed by atoms with van der Waals surface area (Å²) >= 11 is 1.29. The highest BCUT2D eigenvalue weighted by atomic mass is 32.1. The van der Waals surface area contributed by atoms with Gasteiger partial charge in [-0.3, -0.25) is 14.9 Å². The van der Waals surface area contributed by atoms with Crippen molar-refractivity contribution in [3.05, 3.63) is 11.6 Å². The number of carbonyl (C=O) groups excluding carboxylic acids is 3. The van der Waals surface area contributed by atoms with Gasteiger partial charge in [0.1, 0.15) is 12.1 Å². The van der Waals surface area contributed by atoms with Gasteiger partial charge in [-0.15, -0.1) is 11.3 Å². The molecule has 0 aliphatic carbocycles. The Balaban J connectivity index is 1.94. The van der Waals surface area contributed by atoms with Crippen LogP contribution in [0.15, 0.2) is 11.6 Å². The maximum Gasteiger partial charge on any atom is 0.321 e. The highest BCUT2D eigenvalue weighted by Crippen LogP contribution is 2.20. The number of rotatable bonds is 6. The lowest BCUT2D eigenvalue weighted by Crippen LogP contribution is -2.50. The molecule has 0 saturated carbocycles. The Labute approximate surface area is 138 Å². The molecule has 2 unspecified atom stereocenters. The molecule has 8 nitrogen and oxygen atoms in total. The lowest BCUT2D eigenvalue weighted by atomic mass is 10.0. The molecule has 4 N–H and O–H groups in total. The van der Waals surface area contributed by atoms with Gasteiger partial charge in [0.2, 0.25) is 11.8 Å². The molecule has 0 bridgehead atoms. The van der Waals surface area contributed by atoms with Crippen molar-refractivity contribution in [2.75, 3.05) is 11.9 Å². The zero-order chi connectivity index (χ0) is 17.0. The predicted octanol–water partition coefficient (Wildman–Crippen LogP) is 0.765. The van der Waals surface area contributed by atoms with E-state index in [0.717, 1.165) is 0 Å². The van der Waals surface area contributed by atoms with E-state index >= 15 is 0 Å². The van der Waals surface area contributed by atoms with E-state index in [1.165, 1.54) is 16.2 Å². The first kappa shape index (κ1) is 17.2. The molecule has 0 spiro atoms. The molecule has 2 rings (SSSR count). The SMILES string of the molecule is CC(C)CC(C(N)=O)N1CCC(NC(=O)Nc2nccs2)C1=O. The van der Waals surface area contributed by atoms with E-state index < -0.39 is 24.0 Å². The third-order valence-electron chi connectivity index (χ3n) is 3.60. The molecule has 4 amide bonds. The van der Waals surface area contributed by atoms with Gasteiger partial charge < -0.3 is 16.0 Å². The number of nitrogens with one attached hydrogen (secondary N) is 2. The summed E-state index contributed by atoms with van der Waals surface area (Å²) in [4.78, 5) is 41.4. The average Bonchev–Trinajstić information content (AvgIpc) is 3.07. The number of anilines is 1. The highest BCUT2D eigenvalue weighted by Gasteiger charge is 2.39. The lowest BCUT2D eigenvalue weighted by molar-refractivity contribution is -0.137. The van der Waals surface area contributed by atoms with E-state index in [9.17, 15) is 14.4 Å². The number of nitrogens with zero attached hydrogens (tertiary/aromatic N) is 2. The second-order valence-corrected chi connectivity index (χ2v) is 6.75. The van der Waals surface area contributed by atoms with Gasteiger partial charge in [-0.1, -0.05) is 13.8 Å². The smallest absolute Gasteiger partial charge is 0.321 e. The van der Waals surface area contributed by atoms with Crippen molar-refractivity contribution in [3.63, 3.8) is 0 Å². The van der Waals surface area contributed by atoms with E-state index in [4.69, 9.17) is 5.73 Å². The van der Waals surface area contributed by atoms with Gasteiger partial charge in [-0.2, -0.15) is 0 Å². The van der Waals surface area contributed by atoms with Crippen molar-refractivity contribution in [1.82, 2.24) is 15.2 Å². The minimum Gasteiger partial charge on any atom is -0.368 e. The summed E-state index contributed by atoms with van der Waals surface area (Å²) in [7, 11) is 0. The zero-order valence-electron chi connectivity index (χ0n) is 13.1. The Morgan fingerprint density at radius 3 is 2.83 bits per heavy atom. The average molecular weight is 339 g/mol. The first-order valence-corrected chi connectivity index (χ1v) is 8.33. The van der Waals surface area contributed by atoms with Crippen molar-refractivity contribution in [2.24, 2.45) is 11.7 Å². The summed E-state index contributed by atoms with van der Waals surface area (Å²) in [5, 5.41) is 7.38. The summed E-state index contributed by atoms with van der Waals surface area (Å²) in [6.07, 6.45) is 2.54. The van der Waals surface area contributed by atoms with E-state index in [-0.39, 0.29) is 11.8 Å². The van der Waals surface area contributed by atoms with Crippen LogP contribution in [0.25, 0.3) is 0 Å². The molecule has 1 aliphatic rings. The standard InChI is InChI=1S/C14H21N5O3S/c1-8(2)7-10(11(15)20)19-5-3-9(12(19)21)17-13(22)18-14-16-4-6-23-14/h4,6,8-10H,3,5,7H2,1-2H3,(H2,15,20)(H2,16,17,18,22). The quantitative estimate of drug-likeness (QED) is 0.709. The topological polar surface area (TPSA) is 117 Å². The van der Waals surface area contributed by atoms with Crippen molar-refractivity contribution < 1.29 is 14.4 Å². The molecule has 2 atom stereocenters. The minimum absolute atomic E-state index is 0.237. The summed E-state index contributed by atoms with van der Waals surface area (Å²) in [5.41, 5.74) is 5.42. The van der Waals surface area contributed by atoms with Gasteiger partial charge in [-0.05, 0) is 18.8 Å². The zero-order valence-corrected chi connectivity index (χ0v) is 13.9. The number of thiazole rings is 1. The van der Waals surface area contributed by atoms with E-state index in [0.29, 0.717) is 24.5 Å². The number of hydrogen-bond donors (Lipinski definition) is 3. The van der Waals surface area contributed by atoms with Crippen LogP contribution >= 0.6 is 11.3 Å². The summed E-state index contributed by atoms with van der Waals surface area (Å²) < 4.78 is 0. The number of carbonyl (C=O) groups is 3. The Hall–Kier alpha value is -2.16. The van der Waals surface area contributed by atoms with Crippen LogP contribution in [0.4, 0.5) is 9.93 Å². The Morgan fingerprint density at radius 1 is 1.52 bits per heavy atom. The van der Waals surface area contributed by atoms with Gasteiger partial charge in [-0.25, -0.2) is 9.78 Å². The molecule has 1 aromatic heterocycles. The van der Waals surface area contributed by atoms with Gasteiger partial charge in [0, 0.05) is 18.1 Å². The van der Waals surface area contributed by atoms with E-state index in [1.807, 2.05) is 13.8 Å². The fourth-order valence-electron chi connectivity index (χ4n) is 2.57. The second-order valence-electron chi connectivity index (χ2n) is 5.86. The Kier molecular flexibility index (Phi) is 5.54. The Bertz CT molecular complexity index is 575. The van der Waals surface area contributed by atoms with E-state index in [2.05, 4.69) is 15.6 Å². The first-order valence-electron chi connectivity index (χ1n) is 7.45. The van der Waals surface area contributed by atoms with Crippen molar-refractivity contribution >= 4 is 34.3 Å². The fraction of sp³-hybridized carbons (Fsp3) is 0.571. The molecule has 23 heavy (non-hydrogen) atoms. The molecule has 1 saturated heterocycles. The second kappa shape index (κ2) is 7.40. The van der Waals surface area contributed by atoms with Gasteiger partial charge in [0.25, 0.3) is 0 Å². The number of nitrogens with two attached hydrogens (primary N) is 1. The summed E-state index contributed by atoms with van der Waals surface area (Å²) in [6.45, 7) is 4.34. The lowest BCUT2D eigenvalue weighted by Gasteiger charge is -2.27. The largest absolute Gasteiger partial charge is 0.368 e. The number of aromatic nitrogens is 1. The van der Waals surface area contributed by atoms with Crippen LogP contribution in [0.1, 0.15) is 26.7 Å². The maximum atomic E-state index is 12.4. The molecule has 2 heterocycles. The summed E-state index contributed by atoms with van der Waals surface area (Å²) in [5.74, 6) is -0.552. The third-order valence-corrected chi connectivity index (χ3v) is 4.29. The highest BCUT2D eigenvalue weighted by molar-refractivity contribution is 7.13. The van der Waals surface area contributed by atoms with Crippen molar-refractivity contribution in [2.45, 2.75) is 38.8 Å². The monoisotopic (exact) mass is 339 g/mol. The van der Waals surface area contributed by atoms with Gasteiger partial charge in [0.15, 0.2) is 5.13 Å². The molecule has 1 aromatic rings. The first-order chi connectivity index (χ1) is 10.9. The van der Waals surface area contributed by atoms with Crippen molar-refractivity contribution in [1.29, 1.82) is 0 Å². The summed E-state index contributed by atoms with van der Waals surface area (Å²) in [6, 6.07) is -1.76. The predicted molar refractivity (Wildman–Crippen MR) is 86.8 cm³/mol. The Morgan fingerprint density at radius 2 is 2.26 bits per heavy atom. The number of hydrogen-bond acceptors (Lipinski definition) is 5. The van der Waals surface area contributed by atoms with Crippen LogP contribution in [-0.2, 0) is 9.59 Å². The number of primary amides is 1. The number of amides is 4. The van der Waals surface area contributed by atoms with Gasteiger partial charge in [0.05, 0.1) is 0 Å². The van der Waals surface area contributed by atoms with Crippen LogP contribution in [0, 0.1) is 5.92 Å². The molecule has 1 aliphatic heterocycles. The molecule has 9 heteroatoms. The van der Waals surface area contributed by atoms with Crippen LogP contribution in [0.3, 0.4) is 0 Å². The molecule has 126 valence electrons. The molecule has 1 fully saturated rings. The van der Waals surface area contributed by atoms with Gasteiger partial charge >= 0.3 is 6.03 Å². The molecular weight excluding hydrogens is 318 g/mol. The maximum absolute atomic E-state index is 12.4. The fourth-order valence-corrected chi connectivity index (χ4v) is 3.09. The van der Waals surface area contributed by atoms with Crippen LogP contribution < -0.4 is 16.4 Å². The van der Waals surface area contributed by atoms with E-state index in [1.54, 1.807) is 11.6 Å². The van der Waals surface area contributed by atoms with Crippen LogP contribution in [0.2, 0.25) is 0 Å². The van der Waals surface area contributed by atoms with Crippen molar-refractivity contribution in [3.8, 4) is 0 Å². The van der Waals surface area contributed by atoms with Crippen LogP contribution in [0.5, 0.6) is 0 Å². The van der Waals surface area contributed by atoms with Crippen LogP contribution in [-0.4, -0.2) is 46.4 Å². The number of urea groups is 1. The normalized spacial score (nSPS) is 19.0.